The van der Waals surface area contributed by atoms with Gasteiger partial charge in [0, 0.05) is 12.1 Å². The molecule has 0 aliphatic rings. The van der Waals surface area contributed by atoms with Crippen LogP contribution >= 0.6 is 11.6 Å². The SMILES string of the molecule is CC[n+]1ccc(Cl)c2ccccc21.F[B-](F)(F)F. The molecule has 1 heterocycles. The Morgan fingerprint density at radius 2 is 1.67 bits per heavy atom. The number of rotatable bonds is 1. The lowest BCUT2D eigenvalue weighted by Gasteiger charge is -1.99. The van der Waals surface area contributed by atoms with Gasteiger partial charge in [0.2, 0.25) is 5.52 Å². The molecule has 0 atom stereocenters. The Kier molecular flexibility index (Phi) is 4.96. The van der Waals surface area contributed by atoms with Crippen molar-refractivity contribution in [1.82, 2.24) is 0 Å². The van der Waals surface area contributed by atoms with Crippen LogP contribution in [0.2, 0.25) is 5.02 Å². The summed E-state index contributed by atoms with van der Waals surface area (Å²) in [5.41, 5.74) is 1.19. The van der Waals surface area contributed by atoms with Gasteiger partial charge in [0.15, 0.2) is 6.20 Å². The third-order valence-electron chi connectivity index (χ3n) is 2.21. The van der Waals surface area contributed by atoms with E-state index in [2.05, 4.69) is 17.6 Å². The Hall–Kier alpha value is -1.30. The Morgan fingerprint density at radius 3 is 2.22 bits per heavy atom. The van der Waals surface area contributed by atoms with Gasteiger partial charge in [0.05, 0.1) is 10.4 Å². The molecule has 0 aliphatic carbocycles. The number of hydrogen-bond donors (Lipinski definition) is 0. The van der Waals surface area contributed by atoms with Gasteiger partial charge in [-0.3, -0.25) is 0 Å². The van der Waals surface area contributed by atoms with Crippen molar-refractivity contribution in [3.8, 4) is 0 Å². The summed E-state index contributed by atoms with van der Waals surface area (Å²) in [7, 11) is -6.00. The van der Waals surface area contributed by atoms with Crippen LogP contribution in [0.15, 0.2) is 36.5 Å². The zero-order valence-corrected chi connectivity index (χ0v) is 10.3. The second-order valence-electron chi connectivity index (χ2n) is 3.46. The average Bonchev–Trinajstić information content (AvgIpc) is 2.28. The van der Waals surface area contributed by atoms with Gasteiger partial charge in [-0.1, -0.05) is 23.7 Å². The standard InChI is InChI=1S/C11H11ClN.BF4/c1-2-13-8-7-10(12)9-5-3-4-6-11(9)13;2-1(3,4)5/h3-8H,2H2,1H3;/q+1;-1. The molecule has 0 aliphatic heterocycles. The number of pyridine rings is 1. The highest BCUT2D eigenvalue weighted by Gasteiger charge is 2.20. The smallest absolute Gasteiger partial charge is 0.418 e. The highest BCUT2D eigenvalue weighted by Crippen LogP contribution is 2.19. The summed E-state index contributed by atoms with van der Waals surface area (Å²) in [5.74, 6) is 0. The van der Waals surface area contributed by atoms with Crippen molar-refractivity contribution in [2.45, 2.75) is 13.5 Å². The third kappa shape index (κ3) is 4.53. The minimum atomic E-state index is -6.00. The average molecular weight is 279 g/mol. The molecule has 2 rings (SSSR count). The first-order valence-corrected chi connectivity index (χ1v) is 5.64. The van der Waals surface area contributed by atoms with Crippen molar-refractivity contribution in [3.05, 3.63) is 41.6 Å². The number of halogens is 5. The molecular formula is C11H11BClF4N. The van der Waals surface area contributed by atoms with Crippen LogP contribution in [0.25, 0.3) is 10.9 Å². The van der Waals surface area contributed by atoms with E-state index in [4.69, 9.17) is 11.6 Å². The molecule has 0 amide bonds. The summed E-state index contributed by atoms with van der Waals surface area (Å²) in [6.45, 7) is 3.10. The van der Waals surface area contributed by atoms with Crippen LogP contribution in [-0.4, -0.2) is 7.25 Å². The number of aromatic nitrogens is 1. The first-order valence-electron chi connectivity index (χ1n) is 5.27. The molecule has 98 valence electrons. The van der Waals surface area contributed by atoms with Crippen molar-refractivity contribution in [1.29, 1.82) is 0 Å². The molecular weight excluding hydrogens is 268 g/mol. The number of hydrogen-bond acceptors (Lipinski definition) is 0. The van der Waals surface area contributed by atoms with Gasteiger partial charge in [-0.15, -0.1) is 0 Å². The summed E-state index contributed by atoms with van der Waals surface area (Å²) in [6, 6.07) is 10.1. The van der Waals surface area contributed by atoms with Crippen LogP contribution in [-0.2, 0) is 6.54 Å². The third-order valence-corrected chi connectivity index (χ3v) is 2.54. The Balaban J connectivity index is 0.000000280. The number of benzene rings is 1. The largest absolute Gasteiger partial charge is 0.673 e. The van der Waals surface area contributed by atoms with E-state index >= 15 is 0 Å². The molecule has 0 fully saturated rings. The summed E-state index contributed by atoms with van der Waals surface area (Å²) >= 11 is 6.07. The first-order chi connectivity index (χ1) is 8.33. The number of fused-ring (bicyclic) bond motifs is 1. The quantitative estimate of drug-likeness (QED) is 0.420. The van der Waals surface area contributed by atoms with Crippen LogP contribution in [0.5, 0.6) is 0 Å². The maximum atomic E-state index is 9.75. The molecule has 0 spiro atoms. The van der Waals surface area contributed by atoms with Crippen molar-refractivity contribution in [2.24, 2.45) is 0 Å². The highest BCUT2D eigenvalue weighted by molar-refractivity contribution is 6.50. The Bertz CT molecular complexity index is 524. The van der Waals surface area contributed by atoms with E-state index < -0.39 is 7.25 Å². The van der Waals surface area contributed by atoms with E-state index in [9.17, 15) is 17.3 Å². The van der Waals surface area contributed by atoms with Crippen molar-refractivity contribution in [3.63, 3.8) is 0 Å². The fourth-order valence-electron chi connectivity index (χ4n) is 1.53. The topological polar surface area (TPSA) is 3.88 Å². The van der Waals surface area contributed by atoms with Crippen molar-refractivity contribution < 1.29 is 21.8 Å². The van der Waals surface area contributed by atoms with Crippen molar-refractivity contribution in [2.75, 3.05) is 0 Å². The normalized spacial score (nSPS) is 11.0. The predicted molar refractivity (Wildman–Crippen MR) is 65.0 cm³/mol. The summed E-state index contributed by atoms with van der Waals surface area (Å²) in [4.78, 5) is 0. The lowest BCUT2D eigenvalue weighted by atomic mass is 10.2. The summed E-state index contributed by atoms with van der Waals surface area (Å²) in [6.07, 6.45) is 2.02. The van der Waals surface area contributed by atoms with Crippen molar-refractivity contribution >= 4 is 29.8 Å². The van der Waals surface area contributed by atoms with E-state index in [-0.39, 0.29) is 0 Å². The second kappa shape index (κ2) is 6.04. The van der Waals surface area contributed by atoms with Crippen LogP contribution in [0.1, 0.15) is 6.92 Å². The Morgan fingerprint density at radius 1 is 1.11 bits per heavy atom. The monoisotopic (exact) mass is 279 g/mol. The molecule has 0 unspecified atom stereocenters. The predicted octanol–water partition coefficient (Wildman–Crippen LogP) is 4.10. The molecule has 0 bridgehead atoms. The Labute approximate surface area is 107 Å². The minimum Gasteiger partial charge on any atom is -0.418 e. The minimum absolute atomic E-state index is 0.820. The molecule has 0 saturated carbocycles. The molecule has 1 aromatic carbocycles. The van der Waals surface area contributed by atoms with Gasteiger partial charge in [-0.05, 0) is 13.0 Å². The van der Waals surface area contributed by atoms with E-state index in [0.717, 1.165) is 17.0 Å². The number of nitrogens with zero attached hydrogens (tertiary/aromatic N) is 1. The van der Waals surface area contributed by atoms with E-state index in [1.54, 1.807) is 0 Å². The molecule has 0 radical (unpaired) electrons. The summed E-state index contributed by atoms with van der Waals surface area (Å²) < 4.78 is 41.2. The maximum absolute atomic E-state index is 9.75. The fourth-order valence-corrected chi connectivity index (χ4v) is 1.74. The van der Waals surface area contributed by atoms with Gasteiger partial charge in [-0.25, -0.2) is 0 Å². The first kappa shape index (κ1) is 14.8. The van der Waals surface area contributed by atoms with Gasteiger partial charge in [0.1, 0.15) is 6.54 Å². The lowest BCUT2D eigenvalue weighted by molar-refractivity contribution is -0.667. The van der Waals surface area contributed by atoms with Crippen LogP contribution in [0, 0.1) is 0 Å². The molecule has 1 aromatic heterocycles. The van der Waals surface area contributed by atoms with E-state index in [1.807, 2.05) is 30.5 Å². The number of aryl methyl sites for hydroxylation is 1. The van der Waals surface area contributed by atoms with Gasteiger partial charge in [0.25, 0.3) is 0 Å². The van der Waals surface area contributed by atoms with Gasteiger partial charge < -0.3 is 17.3 Å². The van der Waals surface area contributed by atoms with E-state index in [1.165, 1.54) is 5.52 Å². The van der Waals surface area contributed by atoms with Crippen LogP contribution in [0.4, 0.5) is 17.3 Å². The van der Waals surface area contributed by atoms with Gasteiger partial charge >= 0.3 is 7.25 Å². The maximum Gasteiger partial charge on any atom is 0.673 e. The second-order valence-corrected chi connectivity index (χ2v) is 3.87. The highest BCUT2D eigenvalue weighted by atomic mass is 35.5. The zero-order valence-electron chi connectivity index (χ0n) is 9.59. The van der Waals surface area contributed by atoms with E-state index in [0.29, 0.717) is 0 Å². The lowest BCUT2D eigenvalue weighted by Crippen LogP contribution is -2.32. The molecule has 1 nitrogen and oxygen atoms in total. The molecule has 18 heavy (non-hydrogen) atoms. The molecule has 0 N–H and O–H groups in total. The number of para-hydroxylation sites is 1. The molecule has 7 heteroatoms. The molecule has 2 aromatic rings. The van der Waals surface area contributed by atoms with Crippen LogP contribution < -0.4 is 4.57 Å². The van der Waals surface area contributed by atoms with Crippen LogP contribution in [0.3, 0.4) is 0 Å². The zero-order chi connectivity index (χ0) is 13.8. The summed E-state index contributed by atoms with van der Waals surface area (Å²) in [5, 5.41) is 1.94. The molecule has 0 saturated heterocycles. The van der Waals surface area contributed by atoms with Gasteiger partial charge in [-0.2, -0.15) is 4.57 Å². The fraction of sp³-hybridized carbons (Fsp3) is 0.182.